The number of alkyl halides is 6. The zero-order valence-electron chi connectivity index (χ0n) is 31.0. The van der Waals surface area contributed by atoms with E-state index in [1.165, 1.54) is 11.1 Å². The molecule has 0 spiro atoms. The topological polar surface area (TPSA) is 75.6 Å². The molecule has 0 radical (unpaired) electrons. The first kappa shape index (κ1) is 42.1. The lowest BCUT2D eigenvalue weighted by molar-refractivity contribution is -0.141. The molecule has 2 N–H and O–H groups in total. The van der Waals surface area contributed by atoms with Crippen molar-refractivity contribution in [3.8, 4) is 0 Å². The summed E-state index contributed by atoms with van der Waals surface area (Å²) in [6.07, 6.45) is -5.38. The van der Waals surface area contributed by atoms with E-state index < -0.39 is 23.5 Å². The average Bonchev–Trinajstić information content (AvgIpc) is 3.16. The maximum absolute atomic E-state index is 13.3. The molecule has 292 valence electrons. The standard InChI is InChI=1S/2C21H20F3N3S/c1-14(2)12-15-8-10-16(11-9-15)26-20-25-13-18(21(22,23)24)19(27-20)28-17-6-4-3-5-7-17;1-3-14(2)15-9-11-16(12-10-15)26-20-25-13-18(21(22,23)24)19(27-20)28-17-7-5-4-6-8-17/h3-11,13-14H,12H2,1-2H3,(H,25,26,27);4-14H,3H2,1-2H3,(H,25,26,27). The van der Waals surface area contributed by atoms with Crippen molar-refractivity contribution in [3.05, 3.63) is 144 Å². The minimum Gasteiger partial charge on any atom is -0.324 e. The minimum absolute atomic E-state index is 0.128. The van der Waals surface area contributed by atoms with Crippen molar-refractivity contribution < 1.29 is 26.3 Å². The minimum atomic E-state index is -4.52. The van der Waals surface area contributed by atoms with Crippen molar-refractivity contribution in [3.63, 3.8) is 0 Å². The summed E-state index contributed by atoms with van der Waals surface area (Å²) in [5.41, 5.74) is 2.17. The van der Waals surface area contributed by atoms with Gasteiger partial charge in [-0.3, -0.25) is 0 Å². The van der Waals surface area contributed by atoms with Crippen molar-refractivity contribution >= 4 is 46.8 Å². The van der Waals surface area contributed by atoms with Gasteiger partial charge in [0.2, 0.25) is 11.9 Å². The van der Waals surface area contributed by atoms with Crippen LogP contribution in [0.1, 0.15) is 62.3 Å². The van der Waals surface area contributed by atoms with Crippen LogP contribution < -0.4 is 10.6 Å². The van der Waals surface area contributed by atoms with E-state index in [9.17, 15) is 26.3 Å². The van der Waals surface area contributed by atoms with E-state index in [1.807, 2.05) is 60.7 Å². The van der Waals surface area contributed by atoms with Crippen LogP contribution in [0.3, 0.4) is 0 Å². The summed E-state index contributed by atoms with van der Waals surface area (Å²) in [4.78, 5) is 17.3. The molecule has 0 fully saturated rings. The Balaban J connectivity index is 0.000000214. The predicted molar refractivity (Wildman–Crippen MR) is 212 cm³/mol. The van der Waals surface area contributed by atoms with Crippen LogP contribution in [0.4, 0.5) is 49.6 Å². The van der Waals surface area contributed by atoms with Gasteiger partial charge in [0.05, 0.1) is 0 Å². The van der Waals surface area contributed by atoms with Crippen LogP contribution in [0.5, 0.6) is 0 Å². The van der Waals surface area contributed by atoms with Gasteiger partial charge in [0, 0.05) is 33.6 Å². The van der Waals surface area contributed by atoms with E-state index in [0.717, 1.165) is 60.1 Å². The van der Waals surface area contributed by atoms with E-state index in [2.05, 4.69) is 58.3 Å². The number of nitrogens with zero attached hydrogens (tertiary/aromatic N) is 4. The lowest BCUT2D eigenvalue weighted by Gasteiger charge is -2.14. The fourth-order valence-corrected chi connectivity index (χ4v) is 7.04. The largest absolute Gasteiger partial charge is 0.420 e. The highest BCUT2D eigenvalue weighted by molar-refractivity contribution is 7.99. The molecule has 0 saturated heterocycles. The van der Waals surface area contributed by atoms with Gasteiger partial charge in [0.25, 0.3) is 0 Å². The van der Waals surface area contributed by atoms with Gasteiger partial charge in [-0.1, -0.05) is 112 Å². The highest BCUT2D eigenvalue weighted by Crippen LogP contribution is 2.40. The number of hydrogen-bond donors (Lipinski definition) is 2. The molecule has 56 heavy (non-hydrogen) atoms. The molecule has 0 saturated carbocycles. The van der Waals surface area contributed by atoms with Crippen molar-refractivity contribution in [1.29, 1.82) is 0 Å². The number of halogens is 6. The Labute approximate surface area is 331 Å². The summed E-state index contributed by atoms with van der Waals surface area (Å²) in [7, 11) is 0. The second-order valence-corrected chi connectivity index (χ2v) is 15.3. The molecule has 2 heterocycles. The molecule has 14 heteroatoms. The first-order chi connectivity index (χ1) is 26.7. The molecule has 6 rings (SSSR count). The molecule has 0 aliphatic heterocycles. The number of nitrogens with one attached hydrogen (secondary N) is 2. The Hall–Kier alpha value is -5.08. The summed E-state index contributed by atoms with van der Waals surface area (Å²) < 4.78 is 80.1. The molecular formula is C42H40F6N6S2. The highest BCUT2D eigenvalue weighted by atomic mass is 32.2. The molecule has 0 aliphatic carbocycles. The lowest BCUT2D eigenvalue weighted by Crippen LogP contribution is -2.10. The molecule has 4 aromatic carbocycles. The third-order valence-corrected chi connectivity index (χ3v) is 10.3. The first-order valence-corrected chi connectivity index (χ1v) is 19.4. The maximum atomic E-state index is 13.3. The van der Waals surface area contributed by atoms with Gasteiger partial charge in [-0.25, -0.2) is 19.9 Å². The third-order valence-electron chi connectivity index (χ3n) is 8.24. The average molecular weight is 807 g/mol. The summed E-state index contributed by atoms with van der Waals surface area (Å²) >= 11 is 1.93. The Morgan fingerprint density at radius 3 is 1.36 bits per heavy atom. The molecule has 0 amide bonds. The summed E-state index contributed by atoms with van der Waals surface area (Å²) in [5.74, 6) is 1.26. The SMILES string of the molecule is CC(C)Cc1ccc(Nc2ncc(C(F)(F)F)c(Sc3ccccc3)n2)cc1.CCC(C)c1ccc(Nc2ncc(C(F)(F)F)c(Sc3ccccc3)n2)cc1. The van der Waals surface area contributed by atoms with Gasteiger partial charge >= 0.3 is 12.4 Å². The quantitative estimate of drug-likeness (QED) is 0.0935. The van der Waals surface area contributed by atoms with Gasteiger partial charge in [-0.2, -0.15) is 26.3 Å². The van der Waals surface area contributed by atoms with Gasteiger partial charge in [0.1, 0.15) is 21.2 Å². The molecule has 0 bridgehead atoms. The van der Waals surface area contributed by atoms with Crippen molar-refractivity contribution in [2.24, 2.45) is 5.92 Å². The fourth-order valence-electron chi connectivity index (χ4n) is 5.18. The Morgan fingerprint density at radius 1 is 0.571 bits per heavy atom. The second kappa shape index (κ2) is 19.2. The fraction of sp³-hybridized carbons (Fsp3) is 0.238. The van der Waals surface area contributed by atoms with Crippen LogP contribution >= 0.6 is 23.5 Å². The van der Waals surface area contributed by atoms with E-state index in [0.29, 0.717) is 21.6 Å². The van der Waals surface area contributed by atoms with Crippen molar-refractivity contribution in [2.75, 3.05) is 10.6 Å². The zero-order chi connectivity index (χ0) is 40.3. The molecule has 0 aliphatic rings. The van der Waals surface area contributed by atoms with Crippen LogP contribution in [-0.2, 0) is 18.8 Å². The predicted octanol–water partition coefficient (Wildman–Crippen LogP) is 13.5. The first-order valence-electron chi connectivity index (χ1n) is 17.7. The number of aromatic nitrogens is 4. The molecule has 1 atom stereocenters. The number of rotatable bonds is 12. The van der Waals surface area contributed by atoms with E-state index in [4.69, 9.17) is 0 Å². The smallest absolute Gasteiger partial charge is 0.324 e. The van der Waals surface area contributed by atoms with Crippen LogP contribution in [-0.4, -0.2) is 19.9 Å². The third kappa shape index (κ3) is 12.5. The Kier molecular flexibility index (Phi) is 14.4. The monoisotopic (exact) mass is 806 g/mol. The van der Waals surface area contributed by atoms with Gasteiger partial charge in [0.15, 0.2) is 0 Å². The lowest BCUT2D eigenvalue weighted by atomic mass is 9.99. The maximum Gasteiger partial charge on any atom is 0.420 e. The van der Waals surface area contributed by atoms with E-state index in [-0.39, 0.29) is 21.9 Å². The van der Waals surface area contributed by atoms with Crippen LogP contribution in [0.25, 0.3) is 0 Å². The van der Waals surface area contributed by atoms with Crippen LogP contribution in [0.15, 0.2) is 141 Å². The number of anilines is 4. The van der Waals surface area contributed by atoms with Crippen molar-refractivity contribution in [1.82, 2.24) is 19.9 Å². The van der Waals surface area contributed by atoms with Crippen molar-refractivity contribution in [2.45, 2.75) is 78.6 Å². The van der Waals surface area contributed by atoms with Crippen LogP contribution in [0.2, 0.25) is 0 Å². The summed E-state index contributed by atoms with van der Waals surface area (Å²) in [5, 5.41) is 5.71. The molecule has 1 unspecified atom stereocenters. The summed E-state index contributed by atoms with van der Waals surface area (Å²) in [6, 6.07) is 33.2. The number of benzene rings is 4. The normalized spacial score (nSPS) is 12.1. The Morgan fingerprint density at radius 2 is 0.982 bits per heavy atom. The Bertz CT molecular complexity index is 2130. The van der Waals surface area contributed by atoms with Crippen LogP contribution in [0, 0.1) is 5.92 Å². The van der Waals surface area contributed by atoms with Gasteiger partial charge < -0.3 is 10.6 Å². The molecule has 6 nitrogen and oxygen atoms in total. The molecular weight excluding hydrogens is 767 g/mol. The second-order valence-electron chi connectivity index (χ2n) is 13.1. The molecule has 2 aromatic heterocycles. The van der Waals surface area contributed by atoms with E-state index in [1.54, 1.807) is 48.5 Å². The van der Waals surface area contributed by atoms with Gasteiger partial charge in [-0.15, -0.1) is 0 Å². The van der Waals surface area contributed by atoms with Gasteiger partial charge in [-0.05, 0) is 84.3 Å². The molecule has 6 aromatic rings. The number of hydrogen-bond acceptors (Lipinski definition) is 8. The summed E-state index contributed by atoms with van der Waals surface area (Å²) in [6.45, 7) is 8.57. The highest BCUT2D eigenvalue weighted by Gasteiger charge is 2.36. The van der Waals surface area contributed by atoms with E-state index >= 15 is 0 Å². The zero-order valence-corrected chi connectivity index (χ0v) is 32.6.